The van der Waals surface area contributed by atoms with Crippen LogP contribution in [0.1, 0.15) is 31.0 Å². The van der Waals surface area contributed by atoms with Gasteiger partial charge in [-0.05, 0) is 43.3 Å². The van der Waals surface area contributed by atoms with E-state index in [4.69, 9.17) is 0 Å². The van der Waals surface area contributed by atoms with Crippen LogP contribution in [0, 0.1) is 6.92 Å². The van der Waals surface area contributed by atoms with Gasteiger partial charge in [-0.2, -0.15) is 0 Å². The van der Waals surface area contributed by atoms with E-state index < -0.39 is 0 Å². The summed E-state index contributed by atoms with van der Waals surface area (Å²) in [5.74, 6) is 1.17. The third kappa shape index (κ3) is 4.16. The molecule has 0 saturated heterocycles. The van der Waals surface area contributed by atoms with Gasteiger partial charge in [0.1, 0.15) is 0 Å². The number of rotatable bonds is 7. The van der Waals surface area contributed by atoms with E-state index in [1.807, 2.05) is 36.6 Å². The number of thiophene rings is 1. The Morgan fingerprint density at radius 1 is 1.27 bits per heavy atom. The highest BCUT2D eigenvalue weighted by molar-refractivity contribution is 7.99. The van der Waals surface area contributed by atoms with Crippen LogP contribution >= 0.6 is 23.1 Å². The van der Waals surface area contributed by atoms with Gasteiger partial charge in [-0.15, -0.1) is 21.5 Å². The van der Waals surface area contributed by atoms with Crippen molar-refractivity contribution in [3.05, 3.63) is 52.9 Å². The second-order valence-electron chi connectivity index (χ2n) is 5.96. The number of aryl methyl sites for hydroxylation is 1. The van der Waals surface area contributed by atoms with Crippen LogP contribution in [0.15, 0.2) is 46.9 Å². The highest BCUT2D eigenvalue weighted by Crippen LogP contribution is 2.27. The third-order valence-corrected chi connectivity index (χ3v) is 5.97. The number of nitrogens with one attached hydrogen (secondary N) is 1. The molecule has 5 nitrogen and oxygen atoms in total. The molecule has 136 valence electrons. The van der Waals surface area contributed by atoms with Crippen molar-refractivity contribution in [3.8, 4) is 10.7 Å². The molecule has 1 N–H and O–H groups in total. The number of benzene rings is 1. The second-order valence-corrected chi connectivity index (χ2v) is 7.85. The quantitative estimate of drug-likeness (QED) is 0.615. The van der Waals surface area contributed by atoms with Crippen LogP contribution in [0.3, 0.4) is 0 Å². The summed E-state index contributed by atoms with van der Waals surface area (Å²) in [5.41, 5.74) is 2.32. The Labute approximate surface area is 161 Å². The first-order valence-electron chi connectivity index (χ1n) is 8.55. The maximum absolute atomic E-state index is 12.4. The van der Waals surface area contributed by atoms with Gasteiger partial charge in [0.05, 0.1) is 16.7 Å². The zero-order chi connectivity index (χ0) is 18.5. The smallest absolute Gasteiger partial charge is 0.230 e. The molecular weight excluding hydrogens is 364 g/mol. The van der Waals surface area contributed by atoms with Gasteiger partial charge < -0.3 is 9.88 Å². The van der Waals surface area contributed by atoms with E-state index in [1.54, 1.807) is 11.3 Å². The number of amides is 1. The Hall–Kier alpha value is -2.12. The maximum atomic E-state index is 12.4. The number of hydrogen-bond acceptors (Lipinski definition) is 5. The fraction of sp³-hybridized carbons (Fsp3) is 0.316. The summed E-state index contributed by atoms with van der Waals surface area (Å²) >= 11 is 3.06. The number of hydrogen-bond donors (Lipinski definition) is 1. The van der Waals surface area contributed by atoms with Gasteiger partial charge in [0.2, 0.25) is 5.91 Å². The van der Waals surface area contributed by atoms with Crippen LogP contribution in [0.5, 0.6) is 0 Å². The first-order valence-corrected chi connectivity index (χ1v) is 10.4. The summed E-state index contributed by atoms with van der Waals surface area (Å²) in [6.45, 7) is 6.89. The van der Waals surface area contributed by atoms with Crippen LogP contribution in [-0.4, -0.2) is 26.4 Å². The van der Waals surface area contributed by atoms with Gasteiger partial charge in [-0.3, -0.25) is 4.79 Å². The van der Waals surface area contributed by atoms with Crippen molar-refractivity contribution in [2.45, 2.75) is 38.5 Å². The van der Waals surface area contributed by atoms with Gasteiger partial charge in [-0.25, -0.2) is 0 Å². The van der Waals surface area contributed by atoms with Crippen LogP contribution in [0.25, 0.3) is 10.7 Å². The number of thioether (sulfide) groups is 1. The summed E-state index contributed by atoms with van der Waals surface area (Å²) in [6.07, 6.45) is 0. The molecule has 0 aliphatic rings. The summed E-state index contributed by atoms with van der Waals surface area (Å²) in [5, 5.41) is 14.4. The van der Waals surface area contributed by atoms with E-state index in [0.29, 0.717) is 5.75 Å². The van der Waals surface area contributed by atoms with E-state index in [9.17, 15) is 4.79 Å². The van der Waals surface area contributed by atoms with Crippen LogP contribution in [0.4, 0.5) is 0 Å². The van der Waals surface area contributed by atoms with E-state index in [-0.39, 0.29) is 11.9 Å². The molecule has 26 heavy (non-hydrogen) atoms. The van der Waals surface area contributed by atoms with Gasteiger partial charge >= 0.3 is 0 Å². The highest BCUT2D eigenvalue weighted by atomic mass is 32.2. The summed E-state index contributed by atoms with van der Waals surface area (Å²) < 4.78 is 2.05. The molecule has 1 atom stereocenters. The molecule has 3 aromatic rings. The first-order chi connectivity index (χ1) is 12.6. The summed E-state index contributed by atoms with van der Waals surface area (Å²) in [6, 6.07) is 12.1. The second kappa shape index (κ2) is 8.51. The summed E-state index contributed by atoms with van der Waals surface area (Å²) in [4.78, 5) is 13.4. The fourth-order valence-corrected chi connectivity index (χ4v) is 4.36. The lowest BCUT2D eigenvalue weighted by Gasteiger charge is -2.16. The topological polar surface area (TPSA) is 59.8 Å². The maximum Gasteiger partial charge on any atom is 0.230 e. The lowest BCUT2D eigenvalue weighted by Crippen LogP contribution is -2.28. The molecule has 0 radical (unpaired) electrons. The predicted octanol–water partition coefficient (Wildman–Crippen LogP) is 4.30. The van der Waals surface area contributed by atoms with Crippen LogP contribution < -0.4 is 5.32 Å². The van der Waals surface area contributed by atoms with Gasteiger partial charge in [-0.1, -0.05) is 42.1 Å². The van der Waals surface area contributed by atoms with E-state index in [0.717, 1.165) is 28.0 Å². The van der Waals surface area contributed by atoms with E-state index >= 15 is 0 Å². The van der Waals surface area contributed by atoms with Crippen molar-refractivity contribution in [2.24, 2.45) is 0 Å². The van der Waals surface area contributed by atoms with E-state index in [2.05, 4.69) is 46.1 Å². The van der Waals surface area contributed by atoms with Crippen molar-refractivity contribution in [1.29, 1.82) is 0 Å². The molecular formula is C19H22N4OS2. The van der Waals surface area contributed by atoms with Crippen LogP contribution in [-0.2, 0) is 11.3 Å². The minimum atomic E-state index is -0.0185. The molecule has 0 aliphatic heterocycles. The van der Waals surface area contributed by atoms with E-state index in [1.165, 1.54) is 17.3 Å². The highest BCUT2D eigenvalue weighted by Gasteiger charge is 2.16. The standard InChI is InChI=1S/C19H22N4OS2/c1-4-23-18(16-10-7-11-25-16)21-22-19(23)26-12-17(24)20-14(3)15-9-6-5-8-13(15)2/h5-11,14H,4,12H2,1-3H3,(H,20,24). The minimum Gasteiger partial charge on any atom is -0.349 e. The summed E-state index contributed by atoms with van der Waals surface area (Å²) in [7, 11) is 0. The molecule has 2 aromatic heterocycles. The molecule has 1 aromatic carbocycles. The lowest BCUT2D eigenvalue weighted by atomic mass is 10.0. The Morgan fingerprint density at radius 2 is 2.08 bits per heavy atom. The molecule has 1 unspecified atom stereocenters. The lowest BCUT2D eigenvalue weighted by molar-refractivity contribution is -0.119. The molecule has 0 aliphatic carbocycles. The number of nitrogens with zero attached hydrogens (tertiary/aromatic N) is 3. The SMILES string of the molecule is CCn1c(SCC(=O)NC(C)c2ccccc2C)nnc1-c1cccs1. The average molecular weight is 387 g/mol. The molecule has 3 rings (SSSR count). The molecule has 0 saturated carbocycles. The zero-order valence-corrected chi connectivity index (χ0v) is 16.7. The third-order valence-electron chi connectivity index (χ3n) is 4.14. The van der Waals surface area contributed by atoms with Crippen molar-refractivity contribution < 1.29 is 4.79 Å². The molecule has 2 heterocycles. The van der Waals surface area contributed by atoms with Crippen molar-refractivity contribution in [2.75, 3.05) is 5.75 Å². The monoisotopic (exact) mass is 386 g/mol. The predicted molar refractivity (Wildman–Crippen MR) is 107 cm³/mol. The van der Waals surface area contributed by atoms with Crippen molar-refractivity contribution >= 4 is 29.0 Å². The van der Waals surface area contributed by atoms with Gasteiger partial charge in [0, 0.05) is 6.54 Å². The number of aromatic nitrogens is 3. The van der Waals surface area contributed by atoms with Gasteiger partial charge in [0.25, 0.3) is 0 Å². The molecule has 0 spiro atoms. The Kier molecular flexibility index (Phi) is 6.11. The van der Waals surface area contributed by atoms with Gasteiger partial charge in [0.15, 0.2) is 11.0 Å². The molecule has 1 amide bonds. The molecule has 0 fully saturated rings. The molecule has 0 bridgehead atoms. The number of carbonyl (C=O) groups excluding carboxylic acids is 1. The average Bonchev–Trinajstić information content (AvgIpc) is 3.29. The van der Waals surface area contributed by atoms with Crippen molar-refractivity contribution in [1.82, 2.24) is 20.1 Å². The first kappa shape index (κ1) is 18.7. The van der Waals surface area contributed by atoms with Crippen molar-refractivity contribution in [3.63, 3.8) is 0 Å². The Morgan fingerprint density at radius 3 is 2.77 bits per heavy atom. The normalized spacial score (nSPS) is 12.1. The van der Waals surface area contributed by atoms with Crippen LogP contribution in [0.2, 0.25) is 0 Å². The Balaban J connectivity index is 1.62. The fourth-order valence-electron chi connectivity index (χ4n) is 2.83. The Bertz CT molecular complexity index is 874. The largest absolute Gasteiger partial charge is 0.349 e. The zero-order valence-electron chi connectivity index (χ0n) is 15.1. The minimum absolute atomic E-state index is 0.00548. The number of carbonyl (C=O) groups is 1. The molecule has 7 heteroatoms.